The lowest BCUT2D eigenvalue weighted by atomic mass is 9.74. The number of rotatable bonds is 2. The van der Waals surface area contributed by atoms with Crippen LogP contribution < -0.4 is 5.32 Å². The second kappa shape index (κ2) is 5.45. The van der Waals surface area contributed by atoms with E-state index in [1.54, 1.807) is 0 Å². The zero-order valence-corrected chi connectivity index (χ0v) is 11.9. The molecule has 3 unspecified atom stereocenters. The Kier molecular flexibility index (Phi) is 4.32. The van der Waals surface area contributed by atoms with Gasteiger partial charge in [0.15, 0.2) is 0 Å². The first-order valence-corrected chi connectivity index (χ1v) is 8.96. The molecule has 0 amide bonds. The highest BCUT2D eigenvalue weighted by Gasteiger charge is 2.43. The van der Waals surface area contributed by atoms with E-state index in [1.165, 1.54) is 6.26 Å². The maximum Gasteiger partial charge on any atom is 0.150 e. The lowest BCUT2D eigenvalue weighted by Gasteiger charge is -2.38. The zero-order chi connectivity index (χ0) is 13.2. The van der Waals surface area contributed by atoms with E-state index in [9.17, 15) is 8.42 Å². The molecule has 0 spiro atoms. The van der Waals surface area contributed by atoms with Crippen molar-refractivity contribution in [3.63, 3.8) is 0 Å². The molecule has 0 aromatic heterocycles. The first-order chi connectivity index (χ1) is 8.42. The minimum atomic E-state index is -3.02. The van der Waals surface area contributed by atoms with Crippen LogP contribution in [0.15, 0.2) is 0 Å². The van der Waals surface area contributed by atoms with E-state index in [0.717, 1.165) is 32.4 Å². The predicted molar refractivity (Wildman–Crippen MR) is 71.1 cm³/mol. The van der Waals surface area contributed by atoms with Crippen molar-refractivity contribution >= 4 is 9.84 Å². The van der Waals surface area contributed by atoms with E-state index in [2.05, 4.69) is 5.32 Å². The highest BCUT2D eigenvalue weighted by molar-refractivity contribution is 7.91. The Labute approximate surface area is 109 Å². The van der Waals surface area contributed by atoms with E-state index >= 15 is 4.39 Å². The fourth-order valence-electron chi connectivity index (χ4n) is 3.47. The van der Waals surface area contributed by atoms with Gasteiger partial charge in [0.05, 0.1) is 5.25 Å². The average molecular weight is 277 g/mol. The van der Waals surface area contributed by atoms with Crippen molar-refractivity contribution in [1.29, 1.82) is 0 Å². The van der Waals surface area contributed by atoms with Crippen LogP contribution in [0, 0.1) is 5.92 Å². The topological polar surface area (TPSA) is 46.2 Å². The van der Waals surface area contributed by atoms with Gasteiger partial charge in [-0.05, 0) is 57.5 Å². The van der Waals surface area contributed by atoms with Gasteiger partial charge in [-0.15, -0.1) is 0 Å². The van der Waals surface area contributed by atoms with Crippen LogP contribution in [-0.4, -0.2) is 38.7 Å². The molecule has 2 rings (SSSR count). The minimum Gasteiger partial charge on any atom is -0.317 e. The SMILES string of the molecule is CS(=O)(=O)C1CCCC(C2(F)CCCNCC2)C1. The van der Waals surface area contributed by atoms with Crippen LogP contribution in [0.5, 0.6) is 0 Å². The number of alkyl halides is 1. The van der Waals surface area contributed by atoms with E-state index in [-0.39, 0.29) is 11.2 Å². The number of sulfone groups is 1. The molecule has 3 atom stereocenters. The largest absolute Gasteiger partial charge is 0.317 e. The zero-order valence-electron chi connectivity index (χ0n) is 11.1. The van der Waals surface area contributed by atoms with Gasteiger partial charge >= 0.3 is 0 Å². The molecule has 18 heavy (non-hydrogen) atoms. The molecule has 1 saturated carbocycles. The third-order valence-electron chi connectivity index (χ3n) is 4.63. The van der Waals surface area contributed by atoms with Crippen molar-refractivity contribution in [2.45, 2.75) is 55.9 Å². The number of nitrogens with one attached hydrogen (secondary N) is 1. The van der Waals surface area contributed by atoms with Gasteiger partial charge in [-0.3, -0.25) is 0 Å². The lowest BCUT2D eigenvalue weighted by Crippen LogP contribution is -2.40. The summed E-state index contributed by atoms with van der Waals surface area (Å²) in [6.45, 7) is 1.60. The van der Waals surface area contributed by atoms with E-state index in [1.807, 2.05) is 0 Å². The number of hydrogen-bond acceptors (Lipinski definition) is 3. The first-order valence-electron chi connectivity index (χ1n) is 7.00. The van der Waals surface area contributed by atoms with Crippen LogP contribution in [0.4, 0.5) is 4.39 Å². The standard InChI is InChI=1S/C13H24FNO2S/c1-18(16,17)12-5-2-4-11(10-12)13(14)6-3-8-15-9-7-13/h11-12,15H,2-10H2,1H3. The second-order valence-corrected chi connectivity index (χ2v) is 8.28. The van der Waals surface area contributed by atoms with E-state index in [0.29, 0.717) is 25.7 Å². The van der Waals surface area contributed by atoms with Gasteiger partial charge in [-0.2, -0.15) is 0 Å². The monoisotopic (exact) mass is 277 g/mol. The summed E-state index contributed by atoms with van der Waals surface area (Å²) in [7, 11) is -3.02. The summed E-state index contributed by atoms with van der Waals surface area (Å²) in [5.41, 5.74) is -1.15. The molecular weight excluding hydrogens is 253 g/mol. The molecule has 1 aliphatic carbocycles. The molecule has 0 bridgehead atoms. The summed E-state index contributed by atoms with van der Waals surface area (Å²) >= 11 is 0. The molecular formula is C13H24FNO2S. The van der Waals surface area contributed by atoms with Gasteiger partial charge in [-0.1, -0.05) is 6.42 Å². The fraction of sp³-hybridized carbons (Fsp3) is 1.00. The van der Waals surface area contributed by atoms with Crippen LogP contribution in [0.25, 0.3) is 0 Å². The van der Waals surface area contributed by atoms with Crippen LogP contribution in [0.1, 0.15) is 44.9 Å². The Bertz CT molecular complexity index is 374. The van der Waals surface area contributed by atoms with Crippen molar-refractivity contribution in [1.82, 2.24) is 5.32 Å². The molecule has 3 nitrogen and oxygen atoms in total. The predicted octanol–water partition coefficient (Wildman–Crippen LogP) is 2.07. The molecule has 0 aromatic carbocycles. The molecule has 0 radical (unpaired) electrons. The highest BCUT2D eigenvalue weighted by atomic mass is 32.2. The number of halogens is 1. The maximum absolute atomic E-state index is 15.0. The maximum atomic E-state index is 15.0. The molecule has 1 saturated heterocycles. The Morgan fingerprint density at radius 3 is 2.67 bits per heavy atom. The van der Waals surface area contributed by atoms with Crippen LogP contribution in [-0.2, 0) is 9.84 Å². The highest BCUT2D eigenvalue weighted by Crippen LogP contribution is 2.42. The Morgan fingerprint density at radius 2 is 1.94 bits per heavy atom. The molecule has 0 aromatic rings. The van der Waals surface area contributed by atoms with Crippen molar-refractivity contribution in [3.8, 4) is 0 Å². The smallest absolute Gasteiger partial charge is 0.150 e. The molecule has 1 heterocycles. The molecule has 5 heteroatoms. The molecule has 2 fully saturated rings. The average Bonchev–Trinajstić information content (AvgIpc) is 2.54. The van der Waals surface area contributed by atoms with E-state index in [4.69, 9.17) is 0 Å². The third kappa shape index (κ3) is 3.23. The molecule has 1 aliphatic heterocycles. The van der Waals surface area contributed by atoms with Gasteiger partial charge in [0.1, 0.15) is 15.5 Å². The van der Waals surface area contributed by atoms with Crippen molar-refractivity contribution in [3.05, 3.63) is 0 Å². The lowest BCUT2D eigenvalue weighted by molar-refractivity contribution is 0.0444. The van der Waals surface area contributed by atoms with E-state index < -0.39 is 15.5 Å². The quantitative estimate of drug-likeness (QED) is 0.840. The van der Waals surface area contributed by atoms with Crippen molar-refractivity contribution < 1.29 is 12.8 Å². The van der Waals surface area contributed by atoms with Gasteiger partial charge in [0.2, 0.25) is 0 Å². The molecule has 1 N–H and O–H groups in total. The van der Waals surface area contributed by atoms with Crippen LogP contribution in [0.2, 0.25) is 0 Å². The fourth-order valence-corrected chi connectivity index (χ4v) is 4.64. The Morgan fingerprint density at radius 1 is 1.17 bits per heavy atom. The normalized spacial score (nSPS) is 39.2. The summed E-state index contributed by atoms with van der Waals surface area (Å²) < 4.78 is 38.3. The molecule has 2 aliphatic rings. The van der Waals surface area contributed by atoms with Gasteiger partial charge < -0.3 is 5.32 Å². The van der Waals surface area contributed by atoms with Gasteiger partial charge in [-0.25, -0.2) is 12.8 Å². The second-order valence-electron chi connectivity index (χ2n) is 5.95. The van der Waals surface area contributed by atoms with Crippen LogP contribution in [0.3, 0.4) is 0 Å². The number of hydrogen-bond donors (Lipinski definition) is 1. The minimum absolute atomic E-state index is 0.0640. The van der Waals surface area contributed by atoms with Crippen molar-refractivity contribution in [2.75, 3.05) is 19.3 Å². The van der Waals surface area contributed by atoms with Crippen molar-refractivity contribution in [2.24, 2.45) is 5.92 Å². The molecule has 106 valence electrons. The first kappa shape index (κ1) is 14.3. The third-order valence-corrected chi connectivity index (χ3v) is 6.27. The van der Waals surface area contributed by atoms with Crippen LogP contribution >= 0.6 is 0 Å². The summed E-state index contributed by atoms with van der Waals surface area (Å²) in [4.78, 5) is 0. The Hall–Kier alpha value is -0.160. The van der Waals surface area contributed by atoms with Gasteiger partial charge in [0, 0.05) is 6.26 Å². The summed E-state index contributed by atoms with van der Waals surface area (Å²) in [5, 5.41) is 2.91. The summed E-state index contributed by atoms with van der Waals surface area (Å²) in [5.74, 6) is -0.0640. The van der Waals surface area contributed by atoms with Gasteiger partial charge in [0.25, 0.3) is 0 Å². The summed E-state index contributed by atoms with van der Waals surface area (Å²) in [6.07, 6.45) is 6.20. The Balaban J connectivity index is 2.07. The summed E-state index contributed by atoms with van der Waals surface area (Å²) in [6, 6.07) is 0.